The number of methoxy groups -OCH3 is 1. The largest absolute Gasteiger partial charge is 0.497 e. The highest BCUT2D eigenvalue weighted by molar-refractivity contribution is 5.79. The molecule has 0 atom stereocenters. The molecule has 0 fully saturated rings. The van der Waals surface area contributed by atoms with Gasteiger partial charge in [-0.25, -0.2) is 4.68 Å². The molecule has 0 bridgehead atoms. The Kier molecular flexibility index (Phi) is 9.20. The van der Waals surface area contributed by atoms with Crippen LogP contribution in [-0.2, 0) is 11.3 Å². The standard InChI is InChI=1S/C20H31N5O2/c1-4-5-14-27-15-6-12-22-20(21-2)23-16-17-11-13-25(24-17)18-7-9-19(26-3)10-8-18/h7-11,13H,4-6,12,14-16H2,1-3H3,(H2,21,22,23). The van der Waals surface area contributed by atoms with Crippen molar-refractivity contribution in [2.75, 3.05) is 33.9 Å². The Hall–Kier alpha value is -2.54. The van der Waals surface area contributed by atoms with Gasteiger partial charge in [-0.05, 0) is 43.2 Å². The number of rotatable bonds is 11. The van der Waals surface area contributed by atoms with Gasteiger partial charge in [-0.3, -0.25) is 4.99 Å². The Labute approximate surface area is 161 Å². The summed E-state index contributed by atoms with van der Waals surface area (Å²) in [6, 6.07) is 9.80. The summed E-state index contributed by atoms with van der Waals surface area (Å²) in [4.78, 5) is 4.24. The fourth-order valence-corrected chi connectivity index (χ4v) is 2.46. The van der Waals surface area contributed by atoms with E-state index in [0.717, 1.165) is 55.7 Å². The van der Waals surface area contributed by atoms with Crippen molar-refractivity contribution in [3.05, 3.63) is 42.2 Å². The zero-order valence-electron chi connectivity index (χ0n) is 16.6. The summed E-state index contributed by atoms with van der Waals surface area (Å²) in [6.45, 7) is 5.22. The average molecular weight is 374 g/mol. The minimum absolute atomic E-state index is 0.607. The Morgan fingerprint density at radius 2 is 1.89 bits per heavy atom. The summed E-state index contributed by atoms with van der Waals surface area (Å²) in [6.07, 6.45) is 5.20. The van der Waals surface area contributed by atoms with Gasteiger partial charge in [0.25, 0.3) is 0 Å². The number of aliphatic imine (C=N–C) groups is 1. The number of hydrogen-bond acceptors (Lipinski definition) is 4. The van der Waals surface area contributed by atoms with E-state index in [-0.39, 0.29) is 0 Å². The van der Waals surface area contributed by atoms with Crippen LogP contribution in [0.1, 0.15) is 31.9 Å². The highest BCUT2D eigenvalue weighted by Crippen LogP contribution is 2.14. The lowest BCUT2D eigenvalue weighted by molar-refractivity contribution is 0.129. The van der Waals surface area contributed by atoms with E-state index in [1.165, 1.54) is 6.42 Å². The summed E-state index contributed by atoms with van der Waals surface area (Å²) in [7, 11) is 3.43. The fourth-order valence-electron chi connectivity index (χ4n) is 2.46. The first-order valence-electron chi connectivity index (χ1n) is 9.48. The molecule has 148 valence electrons. The van der Waals surface area contributed by atoms with Crippen LogP contribution in [0, 0.1) is 0 Å². The van der Waals surface area contributed by atoms with Gasteiger partial charge < -0.3 is 20.1 Å². The molecule has 7 nitrogen and oxygen atoms in total. The van der Waals surface area contributed by atoms with Gasteiger partial charge in [0.15, 0.2) is 5.96 Å². The second kappa shape index (κ2) is 12.0. The predicted molar refractivity (Wildman–Crippen MR) is 109 cm³/mol. The molecule has 7 heteroatoms. The number of guanidine groups is 1. The number of hydrogen-bond donors (Lipinski definition) is 2. The Balaban J connectivity index is 1.72. The minimum Gasteiger partial charge on any atom is -0.497 e. The first kappa shape index (κ1) is 20.8. The lowest BCUT2D eigenvalue weighted by atomic mass is 10.3. The molecule has 0 spiro atoms. The quantitative estimate of drug-likeness (QED) is 0.360. The number of nitrogens with zero attached hydrogens (tertiary/aromatic N) is 3. The van der Waals surface area contributed by atoms with E-state index in [0.29, 0.717) is 6.54 Å². The second-order valence-corrected chi connectivity index (χ2v) is 6.12. The minimum atomic E-state index is 0.607. The molecule has 0 aliphatic rings. The van der Waals surface area contributed by atoms with Crippen LogP contribution in [0.4, 0.5) is 0 Å². The molecule has 27 heavy (non-hydrogen) atoms. The molecule has 1 aromatic carbocycles. The first-order valence-corrected chi connectivity index (χ1v) is 9.48. The smallest absolute Gasteiger partial charge is 0.191 e. The van der Waals surface area contributed by atoms with Crippen LogP contribution < -0.4 is 15.4 Å². The van der Waals surface area contributed by atoms with E-state index in [1.807, 2.05) is 41.2 Å². The summed E-state index contributed by atoms with van der Waals surface area (Å²) in [5.41, 5.74) is 1.93. The molecule has 2 aromatic rings. The van der Waals surface area contributed by atoms with Crippen molar-refractivity contribution in [3.63, 3.8) is 0 Å². The molecule has 2 N–H and O–H groups in total. The summed E-state index contributed by atoms with van der Waals surface area (Å²) >= 11 is 0. The molecular weight excluding hydrogens is 342 g/mol. The van der Waals surface area contributed by atoms with E-state index < -0.39 is 0 Å². The predicted octanol–water partition coefficient (Wildman–Crippen LogP) is 2.75. The van der Waals surface area contributed by atoms with Gasteiger partial charge in [0.05, 0.1) is 25.0 Å². The van der Waals surface area contributed by atoms with E-state index in [9.17, 15) is 0 Å². The molecule has 0 aliphatic heterocycles. The summed E-state index contributed by atoms with van der Waals surface area (Å²) in [5, 5.41) is 11.2. The van der Waals surface area contributed by atoms with Crippen molar-refractivity contribution in [2.24, 2.45) is 4.99 Å². The third-order valence-corrected chi connectivity index (χ3v) is 4.04. The molecule has 1 aromatic heterocycles. The van der Waals surface area contributed by atoms with Crippen LogP contribution in [-0.4, -0.2) is 49.7 Å². The number of nitrogens with one attached hydrogen (secondary N) is 2. The topological polar surface area (TPSA) is 72.7 Å². The maximum absolute atomic E-state index is 5.56. The lowest BCUT2D eigenvalue weighted by Gasteiger charge is -2.11. The van der Waals surface area contributed by atoms with Crippen molar-refractivity contribution >= 4 is 5.96 Å². The Bertz CT molecular complexity index is 682. The van der Waals surface area contributed by atoms with Crippen molar-refractivity contribution in [1.82, 2.24) is 20.4 Å². The highest BCUT2D eigenvalue weighted by atomic mass is 16.5. The number of benzene rings is 1. The van der Waals surface area contributed by atoms with E-state index in [2.05, 4.69) is 27.6 Å². The Morgan fingerprint density at radius 1 is 1.11 bits per heavy atom. The third kappa shape index (κ3) is 7.30. The molecule has 0 saturated heterocycles. The first-order chi connectivity index (χ1) is 13.3. The Morgan fingerprint density at radius 3 is 2.59 bits per heavy atom. The van der Waals surface area contributed by atoms with Gasteiger partial charge in [-0.1, -0.05) is 13.3 Å². The summed E-state index contributed by atoms with van der Waals surface area (Å²) < 4.78 is 12.6. The number of aromatic nitrogens is 2. The molecule has 0 saturated carbocycles. The van der Waals surface area contributed by atoms with Gasteiger partial charge in [0, 0.05) is 33.0 Å². The maximum Gasteiger partial charge on any atom is 0.191 e. The molecule has 0 unspecified atom stereocenters. The molecule has 0 radical (unpaired) electrons. The maximum atomic E-state index is 5.56. The van der Waals surface area contributed by atoms with Crippen LogP contribution in [0.2, 0.25) is 0 Å². The van der Waals surface area contributed by atoms with Gasteiger partial charge >= 0.3 is 0 Å². The zero-order valence-corrected chi connectivity index (χ0v) is 16.6. The fraction of sp³-hybridized carbons (Fsp3) is 0.500. The van der Waals surface area contributed by atoms with Gasteiger partial charge in [0.2, 0.25) is 0 Å². The van der Waals surface area contributed by atoms with Gasteiger partial charge in [0.1, 0.15) is 5.75 Å². The van der Waals surface area contributed by atoms with Crippen LogP contribution in [0.15, 0.2) is 41.5 Å². The van der Waals surface area contributed by atoms with Crippen molar-refractivity contribution in [2.45, 2.75) is 32.7 Å². The van der Waals surface area contributed by atoms with E-state index in [1.54, 1.807) is 14.2 Å². The molecular formula is C20H31N5O2. The van der Waals surface area contributed by atoms with Crippen LogP contribution in [0.3, 0.4) is 0 Å². The van der Waals surface area contributed by atoms with E-state index >= 15 is 0 Å². The monoisotopic (exact) mass is 373 g/mol. The van der Waals surface area contributed by atoms with Crippen LogP contribution in [0.5, 0.6) is 5.75 Å². The van der Waals surface area contributed by atoms with Crippen molar-refractivity contribution in [1.29, 1.82) is 0 Å². The van der Waals surface area contributed by atoms with Crippen LogP contribution in [0.25, 0.3) is 5.69 Å². The molecule has 1 heterocycles. The SMILES string of the molecule is CCCCOCCCNC(=NC)NCc1ccn(-c2ccc(OC)cc2)n1. The number of ether oxygens (including phenoxy) is 2. The second-order valence-electron chi connectivity index (χ2n) is 6.12. The third-order valence-electron chi connectivity index (χ3n) is 4.04. The average Bonchev–Trinajstić information content (AvgIpc) is 3.18. The van der Waals surface area contributed by atoms with Crippen LogP contribution >= 0.6 is 0 Å². The van der Waals surface area contributed by atoms with Crippen molar-refractivity contribution in [3.8, 4) is 11.4 Å². The van der Waals surface area contributed by atoms with Crippen molar-refractivity contribution < 1.29 is 9.47 Å². The van der Waals surface area contributed by atoms with Gasteiger partial charge in [-0.15, -0.1) is 0 Å². The highest BCUT2D eigenvalue weighted by Gasteiger charge is 2.03. The zero-order chi connectivity index (χ0) is 19.3. The molecule has 0 amide bonds. The molecule has 2 rings (SSSR count). The lowest BCUT2D eigenvalue weighted by Crippen LogP contribution is -2.37. The molecule has 0 aliphatic carbocycles. The van der Waals surface area contributed by atoms with E-state index in [4.69, 9.17) is 9.47 Å². The van der Waals surface area contributed by atoms with Gasteiger partial charge in [-0.2, -0.15) is 5.10 Å². The number of unbranched alkanes of at least 4 members (excludes halogenated alkanes) is 1. The normalized spacial score (nSPS) is 11.4. The summed E-state index contributed by atoms with van der Waals surface area (Å²) in [5.74, 6) is 1.60.